The molecule has 11 heteroatoms. The van der Waals surface area contributed by atoms with Crippen molar-refractivity contribution in [2.24, 2.45) is 11.5 Å². The number of aromatic nitrogens is 4. The lowest BCUT2D eigenvalue weighted by molar-refractivity contribution is 0.100. The second-order valence-corrected chi connectivity index (χ2v) is 9.93. The fraction of sp³-hybridized carbons (Fsp3) is 0.308. The van der Waals surface area contributed by atoms with E-state index in [4.69, 9.17) is 36.0 Å². The van der Waals surface area contributed by atoms with Crippen LogP contribution in [0.1, 0.15) is 47.8 Å². The number of carbonyl (C=O) groups excluding carboxylic acids is 1. The van der Waals surface area contributed by atoms with Crippen LogP contribution in [0.2, 0.25) is 0 Å². The molecule has 0 spiro atoms. The van der Waals surface area contributed by atoms with Gasteiger partial charge in [0.1, 0.15) is 28.7 Å². The first-order valence-corrected chi connectivity index (χ1v) is 12.8. The minimum Gasteiger partial charge on any atom is -0.497 e. The maximum atomic E-state index is 12.8. The van der Waals surface area contributed by atoms with E-state index in [9.17, 15) is 4.79 Å². The molecule has 37 heavy (non-hydrogen) atoms. The molecular formula is C26H28BrN7O3. The summed E-state index contributed by atoms with van der Waals surface area (Å²) >= 11 is 3.46. The van der Waals surface area contributed by atoms with Gasteiger partial charge in [0.05, 0.1) is 14.2 Å². The maximum absolute atomic E-state index is 12.8. The van der Waals surface area contributed by atoms with Gasteiger partial charge >= 0.3 is 0 Å². The number of hydrogen-bond acceptors (Lipinski definition) is 8. The van der Waals surface area contributed by atoms with E-state index in [2.05, 4.69) is 21.2 Å². The summed E-state index contributed by atoms with van der Waals surface area (Å²) in [6.07, 6.45) is 3.84. The first kappa shape index (κ1) is 25.0. The number of fused-ring (bicyclic) bond motifs is 1. The number of amides is 1. The molecule has 5 rings (SSSR count). The highest BCUT2D eigenvalue weighted by Crippen LogP contribution is 2.35. The van der Waals surface area contributed by atoms with Crippen LogP contribution >= 0.6 is 15.9 Å². The number of primary amides is 1. The summed E-state index contributed by atoms with van der Waals surface area (Å²) in [6, 6.07) is 12.9. The monoisotopic (exact) mass is 565 g/mol. The zero-order chi connectivity index (χ0) is 26.1. The third-order valence-corrected chi connectivity index (χ3v) is 7.15. The first-order chi connectivity index (χ1) is 17.9. The smallest absolute Gasteiger partial charge is 0.256 e. The SMILES string of the molecule is COc1cc(Nc2nc(C3CCCCC3N)n3nc(-c4ccc(Br)cc4)nc3c2C(N)=O)cc(OC)c1. The zero-order valence-electron chi connectivity index (χ0n) is 20.6. The quantitative estimate of drug-likeness (QED) is 0.299. The summed E-state index contributed by atoms with van der Waals surface area (Å²) in [5, 5.41) is 8.01. The highest BCUT2D eigenvalue weighted by atomic mass is 79.9. The van der Waals surface area contributed by atoms with Gasteiger partial charge in [-0.25, -0.2) is 9.97 Å². The Morgan fingerprint density at radius 3 is 2.35 bits per heavy atom. The van der Waals surface area contributed by atoms with Crippen molar-refractivity contribution in [1.29, 1.82) is 0 Å². The van der Waals surface area contributed by atoms with Gasteiger partial charge in [-0.15, -0.1) is 5.10 Å². The summed E-state index contributed by atoms with van der Waals surface area (Å²) < 4.78 is 13.4. The number of nitrogens with two attached hydrogens (primary N) is 2. The minimum atomic E-state index is -0.677. The van der Waals surface area contributed by atoms with Crippen LogP contribution in [0.5, 0.6) is 11.5 Å². The fourth-order valence-electron chi connectivity index (χ4n) is 4.73. The van der Waals surface area contributed by atoms with Crippen molar-refractivity contribution in [2.75, 3.05) is 19.5 Å². The molecule has 2 atom stereocenters. The number of benzene rings is 2. The lowest BCUT2D eigenvalue weighted by Gasteiger charge is -2.28. The van der Waals surface area contributed by atoms with Crippen molar-refractivity contribution < 1.29 is 14.3 Å². The molecule has 192 valence electrons. The molecule has 1 fully saturated rings. The standard InChI is InChI=1S/C26H28BrN7O3/c1-36-17-11-16(12-18(13-17)37-2)30-24-21(22(29)35)26-31-23(14-7-9-15(27)10-8-14)33-34(26)25(32-24)19-5-3-4-6-20(19)28/h7-13,19-20,30H,3-6,28H2,1-2H3,(H2,29,35). The molecule has 2 heterocycles. The number of anilines is 2. The number of rotatable bonds is 7. The molecule has 4 aromatic rings. The van der Waals surface area contributed by atoms with Crippen LogP contribution in [-0.2, 0) is 0 Å². The molecule has 1 aliphatic rings. The highest BCUT2D eigenvalue weighted by Gasteiger charge is 2.31. The number of halogens is 1. The number of methoxy groups -OCH3 is 2. The average Bonchev–Trinajstić information content (AvgIpc) is 3.33. The van der Waals surface area contributed by atoms with Gasteiger partial charge in [-0.3, -0.25) is 4.79 Å². The van der Waals surface area contributed by atoms with Crippen LogP contribution in [-0.4, -0.2) is 45.8 Å². The molecule has 0 saturated heterocycles. The Bertz CT molecular complexity index is 1430. The van der Waals surface area contributed by atoms with Gasteiger partial charge < -0.3 is 26.3 Å². The number of carbonyl (C=O) groups is 1. The van der Waals surface area contributed by atoms with E-state index in [1.54, 1.807) is 36.9 Å². The Hall–Kier alpha value is -3.70. The summed E-state index contributed by atoms with van der Waals surface area (Å²) in [4.78, 5) is 22.4. The minimum absolute atomic E-state index is 0.0574. The number of ether oxygens (including phenoxy) is 2. The molecular weight excluding hydrogens is 538 g/mol. The molecule has 2 aromatic heterocycles. The van der Waals surface area contributed by atoms with Crippen LogP contribution < -0.4 is 26.3 Å². The van der Waals surface area contributed by atoms with Crippen LogP contribution in [0.4, 0.5) is 11.5 Å². The molecule has 5 N–H and O–H groups in total. The van der Waals surface area contributed by atoms with E-state index in [1.165, 1.54) is 0 Å². The third kappa shape index (κ3) is 4.96. The summed E-state index contributed by atoms with van der Waals surface area (Å²) in [5.74, 6) is 1.80. The molecule has 2 unspecified atom stereocenters. The molecule has 0 aliphatic heterocycles. The predicted molar refractivity (Wildman–Crippen MR) is 144 cm³/mol. The van der Waals surface area contributed by atoms with Crippen LogP contribution in [0, 0.1) is 0 Å². The summed E-state index contributed by atoms with van der Waals surface area (Å²) in [5.41, 5.74) is 14.3. The molecule has 0 bridgehead atoms. The van der Waals surface area contributed by atoms with Crippen LogP contribution in [0.15, 0.2) is 46.9 Å². The molecule has 0 radical (unpaired) electrons. The highest BCUT2D eigenvalue weighted by molar-refractivity contribution is 9.10. The molecule has 1 saturated carbocycles. The number of nitrogens with zero attached hydrogens (tertiary/aromatic N) is 4. The molecule has 10 nitrogen and oxygen atoms in total. The van der Waals surface area contributed by atoms with Gasteiger partial charge in [0, 0.05) is 45.9 Å². The van der Waals surface area contributed by atoms with Gasteiger partial charge in [0.15, 0.2) is 11.5 Å². The summed E-state index contributed by atoms with van der Waals surface area (Å²) in [7, 11) is 3.14. The average molecular weight is 566 g/mol. The van der Waals surface area contributed by atoms with Crippen molar-refractivity contribution in [2.45, 2.75) is 37.6 Å². The Kier molecular flexibility index (Phi) is 6.98. The lowest BCUT2D eigenvalue weighted by atomic mass is 9.84. The number of hydrogen-bond donors (Lipinski definition) is 3. The van der Waals surface area contributed by atoms with Gasteiger partial charge in [0.2, 0.25) is 0 Å². The van der Waals surface area contributed by atoms with Gasteiger partial charge in [-0.2, -0.15) is 4.52 Å². The van der Waals surface area contributed by atoms with Crippen molar-refractivity contribution in [1.82, 2.24) is 19.6 Å². The van der Waals surface area contributed by atoms with Crippen LogP contribution in [0.3, 0.4) is 0 Å². The molecule has 1 amide bonds. The van der Waals surface area contributed by atoms with Gasteiger partial charge in [-0.05, 0) is 25.0 Å². The topological polar surface area (TPSA) is 143 Å². The molecule has 1 aliphatic carbocycles. The lowest BCUT2D eigenvalue weighted by Crippen LogP contribution is -2.34. The van der Waals surface area contributed by atoms with Crippen molar-refractivity contribution in [3.05, 3.63) is 58.3 Å². The Labute approximate surface area is 222 Å². The third-order valence-electron chi connectivity index (χ3n) is 6.62. The van der Waals surface area contributed by atoms with E-state index in [0.29, 0.717) is 34.5 Å². The maximum Gasteiger partial charge on any atom is 0.256 e. The van der Waals surface area contributed by atoms with Gasteiger partial charge in [0.25, 0.3) is 5.91 Å². The largest absolute Gasteiger partial charge is 0.497 e. The number of nitrogens with one attached hydrogen (secondary N) is 1. The summed E-state index contributed by atoms with van der Waals surface area (Å²) in [6.45, 7) is 0. The molecule has 2 aromatic carbocycles. The van der Waals surface area contributed by atoms with E-state index in [1.807, 2.05) is 24.3 Å². The van der Waals surface area contributed by atoms with E-state index >= 15 is 0 Å². The van der Waals surface area contributed by atoms with E-state index < -0.39 is 5.91 Å². The Morgan fingerprint density at radius 1 is 1.05 bits per heavy atom. The predicted octanol–water partition coefficient (Wildman–Crippen LogP) is 4.40. The second kappa shape index (κ2) is 10.3. The van der Waals surface area contributed by atoms with Crippen molar-refractivity contribution >= 4 is 39.0 Å². The van der Waals surface area contributed by atoms with Gasteiger partial charge in [-0.1, -0.05) is 40.9 Å². The Balaban J connectivity index is 1.72. The van der Waals surface area contributed by atoms with Crippen LogP contribution in [0.25, 0.3) is 17.0 Å². The van der Waals surface area contributed by atoms with E-state index in [0.717, 1.165) is 35.7 Å². The van der Waals surface area contributed by atoms with Crippen molar-refractivity contribution in [3.63, 3.8) is 0 Å². The van der Waals surface area contributed by atoms with E-state index in [-0.39, 0.29) is 23.3 Å². The Morgan fingerprint density at radius 2 is 1.73 bits per heavy atom. The first-order valence-electron chi connectivity index (χ1n) is 12.0. The van der Waals surface area contributed by atoms with Crippen molar-refractivity contribution in [3.8, 4) is 22.9 Å². The second-order valence-electron chi connectivity index (χ2n) is 9.02. The normalized spacial score (nSPS) is 17.5. The zero-order valence-corrected chi connectivity index (χ0v) is 22.2. The fourth-order valence-corrected chi connectivity index (χ4v) is 5.00.